The van der Waals surface area contributed by atoms with E-state index in [1.807, 2.05) is 6.07 Å². The predicted octanol–water partition coefficient (Wildman–Crippen LogP) is 4.02. The normalized spacial score (nSPS) is 11.8. The minimum atomic E-state index is 1.05. The van der Waals surface area contributed by atoms with E-state index < -0.39 is 0 Å². The molecule has 0 atom stereocenters. The van der Waals surface area contributed by atoms with E-state index in [9.17, 15) is 0 Å². The molecule has 2 aromatic carbocycles. The Labute approximate surface area is 89.3 Å². The van der Waals surface area contributed by atoms with Crippen molar-refractivity contribution in [2.45, 2.75) is 13.3 Å². The van der Waals surface area contributed by atoms with Crippen LogP contribution in [0.4, 0.5) is 0 Å². The molecule has 2 aliphatic rings. The number of fused-ring (bicyclic) bond motifs is 2. The number of rotatable bonds is 2. The largest absolute Gasteiger partial charge is 0.456 e. The van der Waals surface area contributed by atoms with Crippen LogP contribution in [-0.4, -0.2) is 0 Å². The van der Waals surface area contributed by atoms with E-state index in [-0.39, 0.29) is 0 Å². The number of aryl methyl sites for hydroxylation is 1. The molecule has 0 unspecified atom stereocenters. The monoisotopic (exact) mass is 196 g/mol. The molecule has 0 aliphatic carbocycles. The van der Waals surface area contributed by atoms with E-state index in [0.717, 1.165) is 17.9 Å². The van der Waals surface area contributed by atoms with Gasteiger partial charge in [-0.1, -0.05) is 37.3 Å². The van der Waals surface area contributed by atoms with Gasteiger partial charge in [-0.15, -0.1) is 0 Å². The zero-order valence-corrected chi connectivity index (χ0v) is 8.66. The van der Waals surface area contributed by atoms with Crippen LogP contribution in [0.1, 0.15) is 12.5 Å². The van der Waals surface area contributed by atoms with Crippen molar-refractivity contribution in [1.82, 2.24) is 0 Å². The molecule has 0 amide bonds. The van der Waals surface area contributed by atoms with E-state index >= 15 is 0 Å². The molecule has 0 saturated heterocycles. The third-order valence-corrected chi connectivity index (χ3v) is 2.87. The first-order chi connectivity index (χ1) is 7.40. The van der Waals surface area contributed by atoms with Crippen molar-refractivity contribution in [1.29, 1.82) is 0 Å². The van der Waals surface area contributed by atoms with Crippen LogP contribution < -0.4 is 4.74 Å². The van der Waals surface area contributed by atoms with Gasteiger partial charge in [0, 0.05) is 11.1 Å². The lowest BCUT2D eigenvalue weighted by Gasteiger charge is -2.26. The molecule has 1 nitrogen and oxygen atoms in total. The summed E-state index contributed by atoms with van der Waals surface area (Å²) in [4.78, 5) is 0. The number of hydrogen-bond donors (Lipinski definition) is 0. The molecular formula is C14H12O. The second-order valence-corrected chi connectivity index (χ2v) is 3.74. The Morgan fingerprint density at radius 2 is 1.80 bits per heavy atom. The Morgan fingerprint density at radius 3 is 2.47 bits per heavy atom. The highest BCUT2D eigenvalue weighted by molar-refractivity contribution is 5.78. The fourth-order valence-corrected chi connectivity index (χ4v) is 2.07. The third-order valence-electron chi connectivity index (χ3n) is 2.87. The maximum absolute atomic E-state index is 5.62. The molecule has 2 heterocycles. The zero-order chi connectivity index (χ0) is 10.3. The molecule has 15 heavy (non-hydrogen) atoms. The maximum Gasteiger partial charge on any atom is 0.142 e. The zero-order valence-electron chi connectivity index (χ0n) is 8.66. The fraction of sp³-hybridized carbons (Fsp3) is 0.143. The summed E-state index contributed by atoms with van der Waals surface area (Å²) >= 11 is 0. The van der Waals surface area contributed by atoms with Crippen LogP contribution in [0, 0.1) is 0 Å². The lowest BCUT2D eigenvalue weighted by molar-refractivity contribution is 0.422. The number of benzene rings is 2. The topological polar surface area (TPSA) is 9.23 Å². The molecular weight excluding hydrogens is 184 g/mol. The Morgan fingerprint density at radius 1 is 1.00 bits per heavy atom. The van der Waals surface area contributed by atoms with Gasteiger partial charge in [0.15, 0.2) is 0 Å². The van der Waals surface area contributed by atoms with Gasteiger partial charge in [-0.25, -0.2) is 0 Å². The smallest absolute Gasteiger partial charge is 0.142 e. The average molecular weight is 196 g/mol. The lowest BCUT2D eigenvalue weighted by Crippen LogP contribution is -2.05. The van der Waals surface area contributed by atoms with Gasteiger partial charge >= 0.3 is 0 Å². The molecule has 0 aromatic heterocycles. The van der Waals surface area contributed by atoms with E-state index in [1.165, 1.54) is 16.7 Å². The van der Waals surface area contributed by atoms with E-state index in [0.29, 0.717) is 0 Å². The first-order valence-electron chi connectivity index (χ1n) is 5.29. The molecule has 2 aromatic rings. The summed E-state index contributed by atoms with van der Waals surface area (Å²) in [5.41, 5.74) is 3.80. The molecule has 4 rings (SSSR count). The Bertz CT molecular complexity index is 500. The summed E-state index contributed by atoms with van der Waals surface area (Å²) < 4.78 is 5.62. The molecule has 2 aliphatic heterocycles. The first-order valence-corrected chi connectivity index (χ1v) is 5.29. The quantitative estimate of drug-likeness (QED) is 0.601. The van der Waals surface area contributed by atoms with E-state index in [2.05, 4.69) is 43.3 Å². The van der Waals surface area contributed by atoms with Crippen LogP contribution >= 0.6 is 0 Å². The summed E-state index contributed by atoms with van der Waals surface area (Å²) in [5.74, 6) is 2.12. The highest BCUT2D eigenvalue weighted by Crippen LogP contribution is 2.48. The van der Waals surface area contributed by atoms with Crippen LogP contribution in [0.15, 0.2) is 42.5 Å². The van der Waals surface area contributed by atoms with Gasteiger partial charge in [-0.2, -0.15) is 0 Å². The summed E-state index contributed by atoms with van der Waals surface area (Å²) in [6, 6.07) is 14.6. The minimum Gasteiger partial charge on any atom is -0.456 e. The van der Waals surface area contributed by atoms with E-state index in [4.69, 9.17) is 4.74 Å². The van der Waals surface area contributed by atoms with Gasteiger partial charge in [-0.3, -0.25) is 0 Å². The third kappa shape index (κ3) is 1.16. The van der Waals surface area contributed by atoms with E-state index in [1.54, 1.807) is 0 Å². The van der Waals surface area contributed by atoms with Gasteiger partial charge < -0.3 is 4.74 Å². The number of hydrogen-bond acceptors (Lipinski definition) is 1. The van der Waals surface area contributed by atoms with Gasteiger partial charge in [0.2, 0.25) is 0 Å². The number of ether oxygens (including phenoxy) is 1. The van der Waals surface area contributed by atoms with Crippen LogP contribution in [0.5, 0.6) is 11.5 Å². The predicted molar refractivity (Wildman–Crippen MR) is 61.3 cm³/mol. The Hall–Kier alpha value is -1.76. The molecule has 2 bridgehead atoms. The second-order valence-electron chi connectivity index (χ2n) is 3.74. The summed E-state index contributed by atoms with van der Waals surface area (Å²) in [6.45, 7) is 2.17. The average Bonchev–Trinajstić information content (AvgIpc) is 2.31. The van der Waals surface area contributed by atoms with Gasteiger partial charge in [0.25, 0.3) is 0 Å². The van der Waals surface area contributed by atoms with Crippen molar-refractivity contribution >= 4 is 0 Å². The molecule has 0 radical (unpaired) electrons. The van der Waals surface area contributed by atoms with Crippen LogP contribution in [0.2, 0.25) is 0 Å². The van der Waals surface area contributed by atoms with Crippen molar-refractivity contribution in [3.05, 3.63) is 48.0 Å². The Balaban J connectivity index is 2.16. The SMILES string of the molecule is CCc1c2ccc(-c3ccccc3)c1O2. The van der Waals surface area contributed by atoms with Crippen LogP contribution in [0.3, 0.4) is 0 Å². The van der Waals surface area contributed by atoms with Crippen LogP contribution in [-0.2, 0) is 6.42 Å². The molecule has 74 valence electrons. The van der Waals surface area contributed by atoms with Crippen molar-refractivity contribution in [2.75, 3.05) is 0 Å². The highest BCUT2D eigenvalue weighted by atomic mass is 16.5. The van der Waals surface area contributed by atoms with Crippen molar-refractivity contribution in [3.63, 3.8) is 0 Å². The van der Waals surface area contributed by atoms with Crippen molar-refractivity contribution in [3.8, 4) is 22.6 Å². The molecule has 1 heteroatoms. The maximum atomic E-state index is 5.62. The summed E-state index contributed by atoms with van der Waals surface area (Å²) in [6.07, 6.45) is 1.05. The molecule has 0 saturated carbocycles. The second kappa shape index (κ2) is 3.13. The van der Waals surface area contributed by atoms with Crippen molar-refractivity contribution in [2.24, 2.45) is 0 Å². The fourth-order valence-electron chi connectivity index (χ4n) is 2.07. The van der Waals surface area contributed by atoms with Gasteiger partial charge in [0.05, 0.1) is 0 Å². The first kappa shape index (κ1) is 8.54. The van der Waals surface area contributed by atoms with Gasteiger partial charge in [0.1, 0.15) is 11.5 Å². The van der Waals surface area contributed by atoms with Crippen LogP contribution in [0.25, 0.3) is 11.1 Å². The summed E-state index contributed by atoms with van der Waals surface area (Å²) in [5, 5.41) is 0. The minimum absolute atomic E-state index is 1.05. The highest BCUT2D eigenvalue weighted by Gasteiger charge is 2.24. The standard InChI is InChI=1S/C14H12O/c1-2-11-13-9-8-12(14(11)15-13)10-6-4-3-5-7-10/h3-9H,2H2,1H3. The Kier molecular flexibility index (Phi) is 1.78. The molecule has 0 fully saturated rings. The molecule has 0 N–H and O–H groups in total. The molecule has 0 spiro atoms. The van der Waals surface area contributed by atoms with Crippen molar-refractivity contribution < 1.29 is 4.74 Å². The lowest BCUT2D eigenvalue weighted by atomic mass is 9.96. The van der Waals surface area contributed by atoms with Gasteiger partial charge in [-0.05, 0) is 24.1 Å². The summed E-state index contributed by atoms with van der Waals surface area (Å²) in [7, 11) is 0.